The fourth-order valence-corrected chi connectivity index (χ4v) is 4.35. The number of carbonyl (C=O) groups is 4. The Kier molecular flexibility index (Phi) is 11.4. The first-order chi connectivity index (χ1) is 20.9. The van der Waals surface area contributed by atoms with E-state index >= 15 is 0 Å². The van der Waals surface area contributed by atoms with Crippen molar-refractivity contribution in [3.63, 3.8) is 0 Å². The molecule has 1 aliphatic rings. The van der Waals surface area contributed by atoms with Gasteiger partial charge in [0.25, 0.3) is 5.91 Å². The Hall–Kier alpha value is -5.06. The van der Waals surface area contributed by atoms with Gasteiger partial charge in [-0.25, -0.2) is 14.4 Å². The quantitative estimate of drug-likeness (QED) is 0.150. The lowest BCUT2D eigenvalue weighted by Crippen LogP contribution is -2.43. The molecular formula is C32H35N3O8. The van der Waals surface area contributed by atoms with Gasteiger partial charge in [0.05, 0.1) is 12.3 Å². The fraction of sp³-hybridized carbons (Fsp3) is 0.312. The van der Waals surface area contributed by atoms with Crippen LogP contribution < -0.4 is 20.7 Å². The van der Waals surface area contributed by atoms with Crippen molar-refractivity contribution in [3.05, 3.63) is 95.6 Å². The molecule has 0 aromatic heterocycles. The summed E-state index contributed by atoms with van der Waals surface area (Å²) < 4.78 is 21.5. The van der Waals surface area contributed by atoms with Crippen LogP contribution in [0.2, 0.25) is 0 Å². The summed E-state index contributed by atoms with van der Waals surface area (Å²) in [6.45, 7) is 2.38. The molecule has 11 heteroatoms. The van der Waals surface area contributed by atoms with Gasteiger partial charge in [-0.05, 0) is 48.6 Å². The number of hydrogen-bond acceptors (Lipinski definition) is 8. The molecule has 0 fully saturated rings. The van der Waals surface area contributed by atoms with Gasteiger partial charge in [-0.2, -0.15) is 0 Å². The van der Waals surface area contributed by atoms with Gasteiger partial charge in [0.2, 0.25) is 0 Å². The predicted octanol–water partition coefficient (Wildman–Crippen LogP) is 4.49. The van der Waals surface area contributed by atoms with Crippen molar-refractivity contribution < 1.29 is 38.1 Å². The van der Waals surface area contributed by atoms with Crippen LogP contribution >= 0.6 is 0 Å². The Bertz CT molecular complexity index is 1380. The molecule has 0 aliphatic carbocycles. The predicted molar refractivity (Wildman–Crippen MR) is 157 cm³/mol. The van der Waals surface area contributed by atoms with Gasteiger partial charge < -0.3 is 34.9 Å². The summed E-state index contributed by atoms with van der Waals surface area (Å²) in [6.07, 6.45) is -1.02. The molecule has 3 amide bonds. The lowest BCUT2D eigenvalue weighted by molar-refractivity contribution is -0.145. The van der Waals surface area contributed by atoms with E-state index in [-0.39, 0.29) is 32.1 Å². The topological polar surface area (TPSA) is 141 Å². The third-order valence-corrected chi connectivity index (χ3v) is 6.50. The highest BCUT2D eigenvalue weighted by Gasteiger charge is 2.29. The number of nitrogens with one attached hydrogen (secondary N) is 3. The van der Waals surface area contributed by atoms with Gasteiger partial charge in [-0.1, -0.05) is 66.7 Å². The molecule has 3 aromatic rings. The van der Waals surface area contributed by atoms with Gasteiger partial charge in [-0.3, -0.25) is 4.79 Å². The summed E-state index contributed by atoms with van der Waals surface area (Å²) in [4.78, 5) is 49.7. The molecule has 0 saturated carbocycles. The minimum atomic E-state index is -0.999. The smallest absolute Gasteiger partial charge is 0.408 e. The monoisotopic (exact) mass is 589 g/mol. The maximum absolute atomic E-state index is 12.7. The number of amides is 3. The molecular weight excluding hydrogens is 554 g/mol. The highest BCUT2D eigenvalue weighted by molar-refractivity contribution is 5.97. The normalized spacial score (nSPS) is 14.3. The van der Waals surface area contributed by atoms with Crippen LogP contribution in [0.15, 0.2) is 78.9 Å². The van der Waals surface area contributed by atoms with E-state index in [1.807, 2.05) is 60.7 Å². The van der Waals surface area contributed by atoms with Gasteiger partial charge in [0.15, 0.2) is 6.10 Å². The zero-order valence-corrected chi connectivity index (χ0v) is 23.9. The number of esters is 1. The van der Waals surface area contributed by atoms with E-state index in [0.29, 0.717) is 36.4 Å². The molecule has 226 valence electrons. The number of benzene rings is 3. The second kappa shape index (κ2) is 15.8. The first kappa shape index (κ1) is 30.9. The molecule has 1 aliphatic heterocycles. The molecule has 3 N–H and O–H groups in total. The highest BCUT2D eigenvalue weighted by Crippen LogP contribution is 2.32. The average molecular weight is 590 g/mol. The van der Waals surface area contributed by atoms with E-state index in [0.717, 1.165) is 11.1 Å². The van der Waals surface area contributed by atoms with Gasteiger partial charge >= 0.3 is 18.2 Å². The van der Waals surface area contributed by atoms with E-state index in [9.17, 15) is 19.2 Å². The maximum atomic E-state index is 12.7. The minimum Gasteiger partial charge on any atom is -0.478 e. The molecule has 0 unspecified atom stereocenters. The first-order valence-corrected chi connectivity index (χ1v) is 14.1. The maximum Gasteiger partial charge on any atom is 0.408 e. The van der Waals surface area contributed by atoms with Gasteiger partial charge in [0.1, 0.15) is 25.0 Å². The Morgan fingerprint density at radius 3 is 2.16 bits per heavy atom. The number of anilines is 1. The molecule has 0 radical (unpaired) electrons. The third-order valence-electron chi connectivity index (χ3n) is 6.50. The number of fused-ring (bicyclic) bond motifs is 1. The molecule has 0 spiro atoms. The Morgan fingerprint density at radius 1 is 0.860 bits per heavy atom. The summed E-state index contributed by atoms with van der Waals surface area (Å²) in [7, 11) is 0. The number of hydrogen-bond donors (Lipinski definition) is 3. The molecule has 11 nitrogen and oxygen atoms in total. The Morgan fingerprint density at radius 2 is 1.51 bits per heavy atom. The number of rotatable bonds is 13. The second-order valence-corrected chi connectivity index (χ2v) is 9.77. The van der Waals surface area contributed by atoms with Crippen molar-refractivity contribution in [3.8, 4) is 5.75 Å². The van der Waals surface area contributed by atoms with Crippen LogP contribution in [0.1, 0.15) is 36.5 Å². The first-order valence-electron chi connectivity index (χ1n) is 14.1. The zero-order valence-electron chi connectivity index (χ0n) is 23.9. The van der Waals surface area contributed by atoms with E-state index in [4.69, 9.17) is 18.9 Å². The second-order valence-electron chi connectivity index (χ2n) is 9.77. The van der Waals surface area contributed by atoms with Crippen molar-refractivity contribution >= 4 is 29.8 Å². The van der Waals surface area contributed by atoms with E-state index in [1.165, 1.54) is 0 Å². The SMILES string of the molecule is CCOC(=O)[C@H](Cc1ccc2c(c1)NC(=O)[C@@H](CCCNC(=O)OCc1ccccc1)O2)NC(=O)OCc1ccccc1. The van der Waals surface area contributed by atoms with Crippen LogP contribution in [0.4, 0.5) is 15.3 Å². The summed E-state index contributed by atoms with van der Waals surface area (Å²) in [5.74, 6) is -0.442. The van der Waals surface area contributed by atoms with Crippen LogP contribution in [0.5, 0.6) is 5.75 Å². The van der Waals surface area contributed by atoms with Crippen molar-refractivity contribution in [2.24, 2.45) is 0 Å². The molecule has 2 atom stereocenters. The lowest BCUT2D eigenvalue weighted by atomic mass is 10.0. The number of ether oxygens (including phenoxy) is 4. The summed E-state index contributed by atoms with van der Waals surface area (Å²) >= 11 is 0. The minimum absolute atomic E-state index is 0.0556. The molecule has 0 bridgehead atoms. The Labute approximate surface area is 249 Å². The van der Waals surface area contributed by atoms with Crippen LogP contribution in [0, 0.1) is 0 Å². The summed E-state index contributed by atoms with van der Waals surface area (Å²) in [5.41, 5.74) is 2.82. The van der Waals surface area contributed by atoms with Crippen LogP contribution in [-0.4, -0.2) is 49.4 Å². The summed E-state index contributed by atoms with van der Waals surface area (Å²) in [6, 6.07) is 22.7. The fourth-order valence-electron chi connectivity index (χ4n) is 4.35. The van der Waals surface area contributed by atoms with Crippen LogP contribution in [0.25, 0.3) is 0 Å². The lowest BCUT2D eigenvalue weighted by Gasteiger charge is -2.26. The van der Waals surface area contributed by atoms with Crippen LogP contribution in [-0.2, 0) is 43.4 Å². The highest BCUT2D eigenvalue weighted by atomic mass is 16.6. The van der Waals surface area contributed by atoms with E-state index in [2.05, 4.69) is 16.0 Å². The zero-order chi connectivity index (χ0) is 30.4. The largest absolute Gasteiger partial charge is 0.478 e. The number of alkyl carbamates (subject to hydrolysis) is 2. The van der Waals surface area contributed by atoms with Crippen molar-refractivity contribution in [2.75, 3.05) is 18.5 Å². The van der Waals surface area contributed by atoms with Crippen LogP contribution in [0.3, 0.4) is 0 Å². The number of carbonyl (C=O) groups excluding carboxylic acids is 4. The third kappa shape index (κ3) is 9.77. The summed E-state index contributed by atoms with van der Waals surface area (Å²) in [5, 5.41) is 8.09. The molecule has 1 heterocycles. The Balaban J connectivity index is 1.25. The van der Waals surface area contributed by atoms with E-state index in [1.54, 1.807) is 25.1 Å². The van der Waals surface area contributed by atoms with Gasteiger partial charge in [0, 0.05) is 13.0 Å². The molecule has 0 saturated heterocycles. The van der Waals surface area contributed by atoms with Crippen molar-refractivity contribution in [1.82, 2.24) is 10.6 Å². The van der Waals surface area contributed by atoms with Crippen molar-refractivity contribution in [1.29, 1.82) is 0 Å². The molecule has 43 heavy (non-hydrogen) atoms. The van der Waals surface area contributed by atoms with Crippen molar-refractivity contribution in [2.45, 2.75) is 51.5 Å². The standard InChI is InChI=1S/C32H35N3O8/c1-2-40-30(37)26(35-32(39)42-21-23-12-7-4-8-13-23)19-24-15-16-27-25(18-24)34-29(36)28(43-27)14-9-17-33-31(38)41-20-22-10-5-3-6-11-22/h3-8,10-13,15-16,18,26,28H,2,9,14,17,19-21H2,1H3,(H,33,38)(H,34,36)(H,35,39)/t26-,28+/m0/s1. The molecule has 4 rings (SSSR count). The van der Waals surface area contributed by atoms with E-state index < -0.39 is 30.3 Å². The average Bonchev–Trinajstić information content (AvgIpc) is 3.02. The van der Waals surface area contributed by atoms with Gasteiger partial charge in [-0.15, -0.1) is 0 Å². The molecule has 3 aromatic carbocycles.